The minimum Gasteiger partial charge on any atom is -0.489 e. The summed E-state index contributed by atoms with van der Waals surface area (Å²) in [5, 5.41) is 5.13. The lowest BCUT2D eigenvalue weighted by molar-refractivity contribution is -0.164. The summed E-state index contributed by atoms with van der Waals surface area (Å²) in [4.78, 5) is 20.6. The standard InChI is InChI=1S/C36H42N4O5/c1-24-31(32(34(41)42-6)45-35(2,3)4)33-39-18-16-36(5,17-19-39)44-21-10-9-20-43-29-15-8-7-14-27(29)25-12-11-13-26(22-25)28-23-30(37-24)40(33)38-28/h7-15,22-23,32H,16-21H2,1-6H3/b10-9+/t32-/m0/s1. The predicted molar refractivity (Wildman–Crippen MR) is 175 cm³/mol. The third-order valence-electron chi connectivity index (χ3n) is 8.46. The Hall–Kier alpha value is -4.21. The molecule has 236 valence electrons. The summed E-state index contributed by atoms with van der Waals surface area (Å²) in [5.74, 6) is 1.13. The Morgan fingerprint density at radius 2 is 1.73 bits per heavy atom. The van der Waals surface area contributed by atoms with Crippen LogP contribution in [0.1, 0.15) is 57.9 Å². The molecule has 1 saturated heterocycles. The van der Waals surface area contributed by atoms with Gasteiger partial charge in [-0.1, -0.05) is 42.5 Å². The van der Waals surface area contributed by atoms with Crippen molar-refractivity contribution >= 4 is 17.4 Å². The number of aryl methyl sites for hydroxylation is 1. The number of nitrogens with zero attached hydrogens (tertiary/aromatic N) is 4. The van der Waals surface area contributed by atoms with Crippen molar-refractivity contribution in [3.63, 3.8) is 0 Å². The highest BCUT2D eigenvalue weighted by Gasteiger charge is 2.38. The van der Waals surface area contributed by atoms with Gasteiger partial charge in [0.05, 0.1) is 36.2 Å². The third-order valence-corrected chi connectivity index (χ3v) is 8.46. The largest absolute Gasteiger partial charge is 0.489 e. The molecule has 0 spiro atoms. The zero-order valence-corrected chi connectivity index (χ0v) is 27.0. The minimum absolute atomic E-state index is 0.295. The summed E-state index contributed by atoms with van der Waals surface area (Å²) >= 11 is 0. The first-order valence-electron chi connectivity index (χ1n) is 15.6. The molecule has 5 heterocycles. The number of fused-ring (bicyclic) bond motifs is 6. The molecule has 6 bridgehead atoms. The van der Waals surface area contributed by atoms with Gasteiger partial charge in [0, 0.05) is 36.0 Å². The molecule has 1 atom stereocenters. The SMILES string of the molecule is COC(=O)[C@@H](OC(C)(C)C)c1c(C)nc2cc3nn2c1N1CCC(C)(CC1)OC/C=C/COc1ccccc1-c1cccc-3c1. The molecule has 9 nitrogen and oxygen atoms in total. The highest BCUT2D eigenvalue weighted by Crippen LogP contribution is 2.39. The van der Waals surface area contributed by atoms with Crippen molar-refractivity contribution in [3.8, 4) is 28.1 Å². The Morgan fingerprint density at radius 1 is 1.00 bits per heavy atom. The molecule has 45 heavy (non-hydrogen) atoms. The number of hydrogen-bond acceptors (Lipinski definition) is 8. The van der Waals surface area contributed by atoms with E-state index in [-0.39, 0.29) is 5.60 Å². The average Bonchev–Trinajstić information content (AvgIpc) is 3.44. The van der Waals surface area contributed by atoms with E-state index in [0.29, 0.717) is 43.2 Å². The number of carbonyl (C=O) groups excluding carboxylic acids is 1. The second kappa shape index (κ2) is 12.3. The Labute approximate surface area is 264 Å². The number of aromatic nitrogens is 3. The van der Waals surface area contributed by atoms with Crippen LogP contribution in [0, 0.1) is 6.92 Å². The van der Waals surface area contributed by atoms with Crippen molar-refractivity contribution in [1.29, 1.82) is 0 Å². The molecule has 2 aromatic heterocycles. The molecule has 0 saturated carbocycles. The van der Waals surface area contributed by atoms with Gasteiger partial charge in [-0.15, -0.1) is 0 Å². The van der Waals surface area contributed by atoms with E-state index < -0.39 is 17.7 Å². The van der Waals surface area contributed by atoms with Gasteiger partial charge in [0.1, 0.15) is 18.2 Å². The maximum atomic E-state index is 13.3. The van der Waals surface area contributed by atoms with Crippen LogP contribution in [-0.4, -0.2) is 65.2 Å². The van der Waals surface area contributed by atoms with Gasteiger partial charge in [0.2, 0.25) is 0 Å². The Morgan fingerprint density at radius 3 is 2.49 bits per heavy atom. The lowest BCUT2D eigenvalue weighted by Crippen LogP contribution is -2.45. The fraction of sp³-hybridized carbons (Fsp3) is 0.417. The summed E-state index contributed by atoms with van der Waals surface area (Å²) < 4.78 is 26.1. The molecular formula is C36H42N4O5. The molecule has 0 amide bonds. The second-order valence-corrected chi connectivity index (χ2v) is 13.0. The Balaban J connectivity index is 1.56. The fourth-order valence-corrected chi connectivity index (χ4v) is 6.09. The number of hydrogen-bond donors (Lipinski definition) is 0. The van der Waals surface area contributed by atoms with Crippen molar-refractivity contribution in [1.82, 2.24) is 14.6 Å². The van der Waals surface area contributed by atoms with E-state index in [2.05, 4.69) is 36.1 Å². The van der Waals surface area contributed by atoms with E-state index >= 15 is 0 Å². The molecule has 2 aromatic carbocycles. The summed E-state index contributed by atoms with van der Waals surface area (Å²) in [6.07, 6.45) is 4.65. The van der Waals surface area contributed by atoms with Crippen LogP contribution in [0.5, 0.6) is 5.75 Å². The van der Waals surface area contributed by atoms with Crippen LogP contribution in [0.15, 0.2) is 66.7 Å². The van der Waals surface area contributed by atoms with Crippen LogP contribution in [0.4, 0.5) is 5.82 Å². The number of carbonyl (C=O) groups is 1. The lowest BCUT2D eigenvalue weighted by Gasteiger charge is -2.41. The maximum absolute atomic E-state index is 13.3. The van der Waals surface area contributed by atoms with Crippen molar-refractivity contribution in [2.24, 2.45) is 0 Å². The second-order valence-electron chi connectivity index (χ2n) is 13.0. The molecule has 7 rings (SSSR count). The van der Waals surface area contributed by atoms with Gasteiger partial charge in [-0.2, -0.15) is 9.61 Å². The first kappa shape index (κ1) is 30.8. The number of benzene rings is 2. The number of anilines is 1. The molecule has 0 radical (unpaired) electrons. The number of rotatable bonds is 3. The van der Waals surface area contributed by atoms with Crippen LogP contribution >= 0.6 is 0 Å². The maximum Gasteiger partial charge on any atom is 0.339 e. The van der Waals surface area contributed by atoms with Gasteiger partial charge in [0.25, 0.3) is 0 Å². The van der Waals surface area contributed by atoms with Crippen LogP contribution < -0.4 is 9.64 Å². The lowest BCUT2D eigenvalue weighted by atomic mass is 9.92. The van der Waals surface area contributed by atoms with Gasteiger partial charge < -0.3 is 23.8 Å². The zero-order valence-electron chi connectivity index (χ0n) is 27.0. The van der Waals surface area contributed by atoms with Crippen molar-refractivity contribution in [3.05, 3.63) is 78.0 Å². The molecule has 1 fully saturated rings. The molecule has 4 aromatic rings. The fourth-order valence-electron chi connectivity index (χ4n) is 6.09. The number of esters is 1. The van der Waals surface area contributed by atoms with Crippen molar-refractivity contribution in [2.75, 3.05) is 38.3 Å². The van der Waals surface area contributed by atoms with Crippen LogP contribution in [0.3, 0.4) is 0 Å². The molecular weight excluding hydrogens is 568 g/mol. The highest BCUT2D eigenvalue weighted by molar-refractivity contribution is 5.81. The van der Waals surface area contributed by atoms with Crippen LogP contribution in [0.25, 0.3) is 28.0 Å². The number of para-hydroxylation sites is 1. The van der Waals surface area contributed by atoms with E-state index in [9.17, 15) is 4.79 Å². The predicted octanol–water partition coefficient (Wildman–Crippen LogP) is 6.73. The van der Waals surface area contributed by atoms with Gasteiger partial charge in [-0.05, 0) is 71.2 Å². The molecule has 0 N–H and O–H groups in total. The number of piperidine rings is 1. The molecule has 3 aliphatic rings. The van der Waals surface area contributed by atoms with Gasteiger partial charge in [0.15, 0.2) is 11.8 Å². The summed E-state index contributed by atoms with van der Waals surface area (Å²) in [7, 11) is 1.39. The quantitative estimate of drug-likeness (QED) is 0.187. The smallest absolute Gasteiger partial charge is 0.339 e. The Kier molecular flexibility index (Phi) is 8.41. The summed E-state index contributed by atoms with van der Waals surface area (Å²) in [6, 6.07) is 18.3. The van der Waals surface area contributed by atoms with E-state index in [4.69, 9.17) is 29.0 Å². The van der Waals surface area contributed by atoms with Crippen LogP contribution in [0.2, 0.25) is 0 Å². The third kappa shape index (κ3) is 6.46. The van der Waals surface area contributed by atoms with Crippen molar-refractivity contribution in [2.45, 2.75) is 64.8 Å². The molecule has 9 heteroatoms. The van der Waals surface area contributed by atoms with Gasteiger partial charge in [-0.25, -0.2) is 9.78 Å². The van der Waals surface area contributed by atoms with Crippen molar-refractivity contribution < 1.29 is 23.7 Å². The van der Waals surface area contributed by atoms with E-state index in [1.54, 1.807) is 0 Å². The molecule has 0 unspecified atom stereocenters. The number of ether oxygens (including phenoxy) is 4. The van der Waals surface area contributed by atoms with E-state index in [1.165, 1.54) is 7.11 Å². The summed E-state index contributed by atoms with van der Waals surface area (Å²) in [5.41, 5.74) is 4.89. The zero-order chi connectivity index (χ0) is 31.8. The van der Waals surface area contributed by atoms with Gasteiger partial charge in [-0.3, -0.25) is 0 Å². The normalized spacial score (nSPS) is 18.0. The topological polar surface area (TPSA) is 87.4 Å². The number of methoxy groups -OCH3 is 1. The molecule has 0 aliphatic carbocycles. The highest BCUT2D eigenvalue weighted by atomic mass is 16.6. The summed E-state index contributed by atoms with van der Waals surface area (Å²) in [6.45, 7) is 12.2. The van der Waals surface area contributed by atoms with E-state index in [1.807, 2.05) is 74.7 Å². The molecule has 3 aliphatic heterocycles. The van der Waals surface area contributed by atoms with Crippen LogP contribution in [-0.2, 0) is 19.0 Å². The minimum atomic E-state index is -0.981. The van der Waals surface area contributed by atoms with Gasteiger partial charge >= 0.3 is 5.97 Å². The monoisotopic (exact) mass is 610 g/mol. The first-order chi connectivity index (χ1) is 21.5. The Bertz CT molecular complexity index is 1730. The average molecular weight is 611 g/mol. The van der Waals surface area contributed by atoms with E-state index in [0.717, 1.165) is 46.8 Å². The first-order valence-corrected chi connectivity index (χ1v) is 15.6.